The van der Waals surface area contributed by atoms with Gasteiger partial charge in [-0.1, -0.05) is 36.4 Å². The van der Waals surface area contributed by atoms with Crippen LogP contribution in [0.3, 0.4) is 0 Å². The Balaban J connectivity index is 2.10. The highest BCUT2D eigenvalue weighted by molar-refractivity contribution is 7.89. The Morgan fingerprint density at radius 1 is 1.17 bits per heavy atom. The maximum atomic E-state index is 13.0. The van der Waals surface area contributed by atoms with Gasteiger partial charge in [-0.3, -0.25) is 4.98 Å². The molecular formula is C22H20ClN3O3S. The molecule has 0 saturated carbocycles. The second kappa shape index (κ2) is 8.84. The Kier molecular flexibility index (Phi) is 6.42. The number of methoxy groups -OCH3 is 1. The minimum atomic E-state index is -3.93. The van der Waals surface area contributed by atoms with Crippen molar-refractivity contribution < 1.29 is 13.2 Å². The zero-order chi connectivity index (χ0) is 21.8. The standard InChI is InChI=1S/C22H20ClN3O3S/c1-22(21(23)14-24,26-30(27,28)18-9-4-3-5-10-18)17-8-6-7-16(13-17)19-11-12-25-15-20(19)29-2/h3-13,15,21,26H,1-2H3. The van der Waals surface area contributed by atoms with E-state index in [4.69, 9.17) is 16.3 Å². The molecule has 6 nitrogen and oxygen atoms in total. The SMILES string of the molecule is COc1cnccc1-c1cccc(C(C)(NS(=O)(=O)c2ccccc2)C(Cl)C#N)c1. The zero-order valence-electron chi connectivity index (χ0n) is 16.4. The number of hydrogen-bond acceptors (Lipinski definition) is 5. The molecule has 1 heterocycles. The summed E-state index contributed by atoms with van der Waals surface area (Å²) >= 11 is 6.33. The average Bonchev–Trinajstić information content (AvgIpc) is 2.78. The van der Waals surface area contributed by atoms with E-state index in [-0.39, 0.29) is 4.90 Å². The zero-order valence-corrected chi connectivity index (χ0v) is 18.0. The molecular weight excluding hydrogens is 422 g/mol. The molecule has 0 amide bonds. The fraction of sp³-hybridized carbons (Fsp3) is 0.182. The number of aromatic nitrogens is 1. The van der Waals surface area contributed by atoms with Crippen molar-refractivity contribution >= 4 is 21.6 Å². The van der Waals surface area contributed by atoms with Crippen molar-refractivity contribution in [2.45, 2.75) is 22.7 Å². The van der Waals surface area contributed by atoms with E-state index in [1.807, 2.05) is 12.1 Å². The summed E-state index contributed by atoms with van der Waals surface area (Å²) in [7, 11) is -2.38. The molecule has 0 fully saturated rings. The Bertz CT molecular complexity index is 1180. The lowest BCUT2D eigenvalue weighted by Crippen LogP contribution is -2.49. The maximum Gasteiger partial charge on any atom is 0.241 e. The van der Waals surface area contributed by atoms with Gasteiger partial charge in [0.05, 0.1) is 29.8 Å². The number of nitrogens with one attached hydrogen (secondary N) is 1. The number of pyridine rings is 1. The minimum absolute atomic E-state index is 0.0880. The third-order valence-electron chi connectivity index (χ3n) is 4.80. The molecule has 3 rings (SSSR count). The number of ether oxygens (including phenoxy) is 1. The number of rotatable bonds is 7. The molecule has 1 aromatic heterocycles. The van der Waals surface area contributed by atoms with Crippen molar-refractivity contribution in [1.29, 1.82) is 5.26 Å². The number of nitriles is 1. The van der Waals surface area contributed by atoms with Crippen molar-refractivity contribution in [3.63, 3.8) is 0 Å². The highest BCUT2D eigenvalue weighted by atomic mass is 35.5. The molecule has 0 saturated heterocycles. The lowest BCUT2D eigenvalue weighted by molar-refractivity contribution is 0.414. The topological polar surface area (TPSA) is 92.1 Å². The van der Waals surface area contributed by atoms with Gasteiger partial charge in [-0.2, -0.15) is 9.98 Å². The van der Waals surface area contributed by atoms with Gasteiger partial charge in [-0.25, -0.2) is 8.42 Å². The van der Waals surface area contributed by atoms with Gasteiger partial charge in [0, 0.05) is 11.8 Å². The summed E-state index contributed by atoms with van der Waals surface area (Å²) in [4.78, 5) is 4.14. The van der Waals surface area contributed by atoms with Crippen LogP contribution in [0.5, 0.6) is 5.75 Å². The summed E-state index contributed by atoms with van der Waals surface area (Å²) in [6.45, 7) is 1.59. The van der Waals surface area contributed by atoms with Crippen LogP contribution in [0.15, 0.2) is 78.0 Å². The molecule has 0 radical (unpaired) electrons. The van der Waals surface area contributed by atoms with E-state index in [2.05, 4.69) is 9.71 Å². The lowest BCUT2D eigenvalue weighted by Gasteiger charge is -2.32. The molecule has 8 heteroatoms. The van der Waals surface area contributed by atoms with Crippen LogP contribution in [0.4, 0.5) is 0 Å². The molecule has 2 atom stereocenters. The number of benzene rings is 2. The Morgan fingerprint density at radius 2 is 1.90 bits per heavy atom. The van der Waals surface area contributed by atoms with Crippen molar-refractivity contribution in [3.05, 3.63) is 78.6 Å². The summed E-state index contributed by atoms with van der Waals surface area (Å²) in [6, 6.07) is 18.9. The Labute approximate surface area is 181 Å². The third kappa shape index (κ3) is 4.31. The summed E-state index contributed by atoms with van der Waals surface area (Å²) in [5.41, 5.74) is 0.714. The smallest absolute Gasteiger partial charge is 0.241 e. The molecule has 0 spiro atoms. The van der Waals surface area contributed by atoms with Crippen LogP contribution in [-0.4, -0.2) is 25.9 Å². The van der Waals surface area contributed by atoms with Gasteiger partial charge in [0.25, 0.3) is 0 Å². The van der Waals surface area contributed by atoms with E-state index < -0.39 is 20.9 Å². The molecule has 1 N–H and O–H groups in total. The first-order valence-corrected chi connectivity index (χ1v) is 11.0. The summed E-state index contributed by atoms with van der Waals surface area (Å²) < 4.78 is 34.0. The fourth-order valence-corrected chi connectivity index (χ4v) is 4.79. The quantitative estimate of drug-likeness (QED) is 0.557. The van der Waals surface area contributed by atoms with E-state index in [9.17, 15) is 13.7 Å². The van der Waals surface area contributed by atoms with Crippen LogP contribution < -0.4 is 9.46 Å². The minimum Gasteiger partial charge on any atom is -0.494 e. The van der Waals surface area contributed by atoms with Crippen molar-refractivity contribution in [2.75, 3.05) is 7.11 Å². The van der Waals surface area contributed by atoms with Crippen molar-refractivity contribution in [1.82, 2.24) is 9.71 Å². The van der Waals surface area contributed by atoms with Gasteiger partial charge in [0.1, 0.15) is 11.1 Å². The van der Waals surface area contributed by atoms with Gasteiger partial charge < -0.3 is 4.74 Å². The first-order valence-electron chi connectivity index (χ1n) is 9.03. The number of hydrogen-bond donors (Lipinski definition) is 1. The normalized spacial score (nSPS) is 14.3. The molecule has 0 aliphatic heterocycles. The Morgan fingerprint density at radius 3 is 2.57 bits per heavy atom. The predicted molar refractivity (Wildman–Crippen MR) is 116 cm³/mol. The van der Waals surface area contributed by atoms with Crippen molar-refractivity contribution in [2.24, 2.45) is 0 Å². The van der Waals surface area contributed by atoms with Crippen LogP contribution >= 0.6 is 11.6 Å². The van der Waals surface area contributed by atoms with Gasteiger partial charge in [-0.05, 0) is 42.3 Å². The first-order chi connectivity index (χ1) is 14.3. The molecule has 3 aromatic rings. The average molecular weight is 442 g/mol. The fourth-order valence-electron chi connectivity index (χ4n) is 3.11. The van der Waals surface area contributed by atoms with E-state index in [1.165, 1.54) is 12.1 Å². The largest absolute Gasteiger partial charge is 0.494 e. The number of halogens is 1. The van der Waals surface area contributed by atoms with E-state index in [1.54, 1.807) is 68.9 Å². The van der Waals surface area contributed by atoms with Crippen LogP contribution in [0.2, 0.25) is 0 Å². The van der Waals surface area contributed by atoms with Crippen LogP contribution in [0, 0.1) is 11.3 Å². The maximum absolute atomic E-state index is 13.0. The highest BCUT2D eigenvalue weighted by Crippen LogP contribution is 2.35. The highest BCUT2D eigenvalue weighted by Gasteiger charge is 2.39. The molecule has 154 valence electrons. The lowest BCUT2D eigenvalue weighted by atomic mass is 9.88. The number of nitrogens with zero attached hydrogens (tertiary/aromatic N) is 2. The monoisotopic (exact) mass is 441 g/mol. The van der Waals surface area contributed by atoms with Crippen LogP contribution in [0.25, 0.3) is 11.1 Å². The molecule has 30 heavy (non-hydrogen) atoms. The number of alkyl halides is 1. The van der Waals surface area contributed by atoms with E-state index in [0.29, 0.717) is 11.3 Å². The van der Waals surface area contributed by atoms with E-state index in [0.717, 1.165) is 11.1 Å². The predicted octanol–water partition coefficient (Wildman–Crippen LogP) is 4.08. The van der Waals surface area contributed by atoms with E-state index >= 15 is 0 Å². The first kappa shape index (κ1) is 21.8. The second-order valence-electron chi connectivity index (χ2n) is 6.77. The molecule has 0 aliphatic carbocycles. The van der Waals surface area contributed by atoms with Crippen LogP contribution in [0.1, 0.15) is 12.5 Å². The van der Waals surface area contributed by atoms with Gasteiger partial charge in [-0.15, -0.1) is 11.6 Å². The molecule has 0 aliphatic rings. The molecule has 2 aromatic carbocycles. The third-order valence-corrected chi connectivity index (χ3v) is 6.92. The van der Waals surface area contributed by atoms with Gasteiger partial charge >= 0.3 is 0 Å². The second-order valence-corrected chi connectivity index (χ2v) is 8.89. The molecule has 0 bridgehead atoms. The number of sulfonamides is 1. The Hall–Kier alpha value is -2.92. The van der Waals surface area contributed by atoms with Gasteiger partial charge in [0.2, 0.25) is 10.0 Å². The van der Waals surface area contributed by atoms with Gasteiger partial charge in [0.15, 0.2) is 0 Å². The molecule has 2 unspecified atom stereocenters. The summed E-state index contributed by atoms with van der Waals surface area (Å²) in [5, 5.41) is 8.36. The van der Waals surface area contributed by atoms with Crippen LogP contribution in [-0.2, 0) is 15.6 Å². The summed E-state index contributed by atoms with van der Waals surface area (Å²) in [6.07, 6.45) is 3.24. The van der Waals surface area contributed by atoms with Crippen molar-refractivity contribution in [3.8, 4) is 22.9 Å². The summed E-state index contributed by atoms with van der Waals surface area (Å²) in [5.74, 6) is 0.573.